The average Bonchev–Trinajstić information content (AvgIpc) is 2.59. The first-order valence-electron chi connectivity index (χ1n) is 6.24. The van der Waals surface area contributed by atoms with E-state index in [1.54, 1.807) is 0 Å². The Bertz CT molecular complexity index is 266. The van der Waals surface area contributed by atoms with E-state index in [1.807, 2.05) is 0 Å². The lowest BCUT2D eigenvalue weighted by atomic mass is 9.83. The summed E-state index contributed by atoms with van der Waals surface area (Å²) in [6.07, 6.45) is 5.37. The summed E-state index contributed by atoms with van der Waals surface area (Å²) in [5.41, 5.74) is 0.490. The van der Waals surface area contributed by atoms with Gasteiger partial charge in [0.25, 0.3) is 0 Å². The minimum Gasteiger partial charge on any atom is -0.317 e. The van der Waals surface area contributed by atoms with Gasteiger partial charge in [0, 0.05) is 18.0 Å². The molecule has 2 atom stereocenters. The van der Waals surface area contributed by atoms with Crippen molar-refractivity contribution in [3.63, 3.8) is 0 Å². The van der Waals surface area contributed by atoms with E-state index in [0.29, 0.717) is 11.5 Å². The summed E-state index contributed by atoms with van der Waals surface area (Å²) in [6, 6.07) is 0. The Morgan fingerprint density at radius 3 is 3.00 bits per heavy atom. The molecule has 2 rings (SSSR count). The van der Waals surface area contributed by atoms with Crippen LogP contribution in [0.15, 0.2) is 0 Å². The monoisotopic (exact) mass is 206 g/mol. The molecular formula is C13H22N2. The van der Waals surface area contributed by atoms with E-state index in [2.05, 4.69) is 23.6 Å². The van der Waals surface area contributed by atoms with Crippen molar-refractivity contribution < 1.29 is 0 Å². The fourth-order valence-electron chi connectivity index (χ4n) is 3.75. The first-order chi connectivity index (χ1) is 7.16. The fraction of sp³-hybridized carbons (Fsp3) is 0.923. The normalized spacial score (nSPS) is 35.7. The van der Waals surface area contributed by atoms with E-state index >= 15 is 0 Å². The van der Waals surface area contributed by atoms with Crippen molar-refractivity contribution in [2.45, 2.75) is 45.1 Å². The molecular weight excluding hydrogens is 184 g/mol. The van der Waals surface area contributed by atoms with Crippen molar-refractivity contribution in [2.75, 3.05) is 19.6 Å². The zero-order valence-corrected chi connectivity index (χ0v) is 10.00. The Hall–Kier alpha value is -0.550. The molecule has 2 fully saturated rings. The molecule has 0 aromatic rings. The first kappa shape index (κ1) is 11.0. The van der Waals surface area contributed by atoms with Gasteiger partial charge in [-0.1, -0.05) is 13.8 Å². The summed E-state index contributed by atoms with van der Waals surface area (Å²) in [4.78, 5) is 6.26. The molecule has 2 saturated heterocycles. The summed E-state index contributed by atoms with van der Waals surface area (Å²) < 4.78 is 0. The molecule has 2 heterocycles. The smallest absolute Gasteiger partial charge is 0.218 e. The van der Waals surface area contributed by atoms with Crippen LogP contribution in [0, 0.1) is 18.4 Å². The van der Waals surface area contributed by atoms with Crippen LogP contribution in [0.1, 0.15) is 39.5 Å². The minimum atomic E-state index is 0.490. The van der Waals surface area contributed by atoms with Crippen molar-refractivity contribution in [2.24, 2.45) is 11.8 Å². The lowest BCUT2D eigenvalue weighted by molar-refractivity contribution is 0.163. The highest BCUT2D eigenvalue weighted by molar-refractivity contribution is 5.04. The van der Waals surface area contributed by atoms with Crippen LogP contribution in [0.25, 0.3) is 4.85 Å². The van der Waals surface area contributed by atoms with Crippen LogP contribution >= 0.6 is 0 Å². The van der Waals surface area contributed by atoms with Gasteiger partial charge in [-0.25, -0.2) is 6.57 Å². The van der Waals surface area contributed by atoms with E-state index < -0.39 is 0 Å². The average molecular weight is 206 g/mol. The van der Waals surface area contributed by atoms with E-state index in [9.17, 15) is 0 Å². The summed E-state index contributed by atoms with van der Waals surface area (Å²) in [5.74, 6) is 1.44. The molecule has 0 saturated carbocycles. The molecule has 0 aromatic carbocycles. The summed E-state index contributed by atoms with van der Waals surface area (Å²) in [6.45, 7) is 14.9. The van der Waals surface area contributed by atoms with Crippen molar-refractivity contribution in [1.29, 1.82) is 0 Å². The second kappa shape index (κ2) is 4.14. The number of nitrogens with zero attached hydrogens (tertiary/aromatic N) is 2. The fourth-order valence-corrected chi connectivity index (χ4v) is 3.75. The van der Waals surface area contributed by atoms with Gasteiger partial charge in [-0.2, -0.15) is 0 Å². The molecule has 2 heteroatoms. The largest absolute Gasteiger partial charge is 0.317 e. The topological polar surface area (TPSA) is 7.60 Å². The Balaban J connectivity index is 2.05. The van der Waals surface area contributed by atoms with Gasteiger partial charge in [0.1, 0.15) is 0 Å². The highest BCUT2D eigenvalue weighted by Crippen LogP contribution is 2.45. The van der Waals surface area contributed by atoms with Crippen LogP contribution in [-0.2, 0) is 0 Å². The molecule has 2 aliphatic rings. The molecule has 0 amide bonds. The Labute approximate surface area is 93.5 Å². The van der Waals surface area contributed by atoms with E-state index in [-0.39, 0.29) is 0 Å². The van der Waals surface area contributed by atoms with Crippen LogP contribution in [-0.4, -0.2) is 30.1 Å². The lowest BCUT2D eigenvalue weighted by Crippen LogP contribution is -2.39. The van der Waals surface area contributed by atoms with Crippen LogP contribution in [0.5, 0.6) is 0 Å². The predicted molar refractivity (Wildman–Crippen MR) is 62.6 cm³/mol. The van der Waals surface area contributed by atoms with Crippen LogP contribution in [0.3, 0.4) is 0 Å². The number of hydrogen-bond donors (Lipinski definition) is 0. The highest BCUT2D eigenvalue weighted by atomic mass is 15.2. The second-order valence-corrected chi connectivity index (χ2v) is 5.78. The van der Waals surface area contributed by atoms with Crippen molar-refractivity contribution in [3.8, 4) is 0 Å². The molecule has 2 aliphatic heterocycles. The van der Waals surface area contributed by atoms with E-state index in [4.69, 9.17) is 6.57 Å². The van der Waals surface area contributed by atoms with Crippen molar-refractivity contribution in [1.82, 2.24) is 4.90 Å². The summed E-state index contributed by atoms with van der Waals surface area (Å²) >= 11 is 0. The van der Waals surface area contributed by atoms with Gasteiger partial charge in [0.05, 0.1) is 0 Å². The van der Waals surface area contributed by atoms with Gasteiger partial charge < -0.3 is 4.85 Å². The predicted octanol–water partition coefficient (Wildman–Crippen LogP) is 2.81. The molecule has 0 unspecified atom stereocenters. The second-order valence-electron chi connectivity index (χ2n) is 5.78. The summed E-state index contributed by atoms with van der Waals surface area (Å²) in [7, 11) is 0. The standard InChI is InChI=1S/C13H22N2/c1-11(2)7-13-5-4-6-15(13)10-12(8-13)9-14-3/h11-12H,4-10H2,1-2H3/t12-,13-/m1/s1. The molecule has 0 bridgehead atoms. The number of hydrogen-bond acceptors (Lipinski definition) is 1. The van der Waals surface area contributed by atoms with Gasteiger partial charge in [0.2, 0.25) is 6.54 Å². The molecule has 0 N–H and O–H groups in total. The molecule has 0 radical (unpaired) electrons. The van der Waals surface area contributed by atoms with Crippen LogP contribution in [0.2, 0.25) is 0 Å². The summed E-state index contributed by atoms with van der Waals surface area (Å²) in [5, 5.41) is 0. The van der Waals surface area contributed by atoms with E-state index in [0.717, 1.165) is 12.5 Å². The maximum absolute atomic E-state index is 6.99. The third-order valence-corrected chi connectivity index (χ3v) is 4.03. The molecule has 2 nitrogen and oxygen atoms in total. The Kier molecular flexibility index (Phi) is 3.02. The minimum absolute atomic E-state index is 0.490. The quantitative estimate of drug-likeness (QED) is 0.644. The van der Waals surface area contributed by atoms with Gasteiger partial charge in [-0.15, -0.1) is 0 Å². The molecule has 0 aliphatic carbocycles. The Morgan fingerprint density at radius 1 is 1.53 bits per heavy atom. The van der Waals surface area contributed by atoms with Gasteiger partial charge >= 0.3 is 0 Å². The zero-order valence-electron chi connectivity index (χ0n) is 10.00. The number of rotatable bonds is 3. The van der Waals surface area contributed by atoms with Gasteiger partial charge in [0.15, 0.2) is 0 Å². The number of fused-ring (bicyclic) bond motifs is 1. The van der Waals surface area contributed by atoms with Crippen LogP contribution in [0.4, 0.5) is 0 Å². The van der Waals surface area contributed by atoms with Gasteiger partial charge in [-0.3, -0.25) is 4.90 Å². The first-order valence-corrected chi connectivity index (χ1v) is 6.24. The molecule has 15 heavy (non-hydrogen) atoms. The molecule has 84 valence electrons. The molecule has 0 spiro atoms. The third-order valence-electron chi connectivity index (χ3n) is 4.03. The zero-order chi connectivity index (χ0) is 10.9. The van der Waals surface area contributed by atoms with Crippen molar-refractivity contribution >= 4 is 0 Å². The van der Waals surface area contributed by atoms with Crippen LogP contribution < -0.4 is 0 Å². The maximum atomic E-state index is 6.99. The van der Waals surface area contributed by atoms with Gasteiger partial charge in [-0.05, 0) is 38.1 Å². The lowest BCUT2D eigenvalue weighted by Gasteiger charge is -2.33. The SMILES string of the molecule is [C-]#[N+]C[C@@H]1CN2CCC[C@@]2(CC(C)C)C1. The van der Waals surface area contributed by atoms with E-state index in [1.165, 1.54) is 38.8 Å². The maximum Gasteiger partial charge on any atom is 0.218 e. The Morgan fingerprint density at radius 2 is 2.33 bits per heavy atom. The highest BCUT2D eigenvalue weighted by Gasteiger charge is 2.48. The third kappa shape index (κ3) is 2.03. The molecule has 0 aromatic heterocycles. The van der Waals surface area contributed by atoms with Crippen molar-refractivity contribution in [3.05, 3.63) is 11.4 Å².